The Labute approximate surface area is 150 Å². The summed E-state index contributed by atoms with van der Waals surface area (Å²) in [6.07, 6.45) is 2.16. The maximum absolute atomic E-state index is 12.3. The third-order valence-electron chi connectivity index (χ3n) is 4.40. The monoisotopic (exact) mass is 358 g/mol. The van der Waals surface area contributed by atoms with Crippen LogP contribution in [0.4, 0.5) is 0 Å². The molecule has 0 saturated carbocycles. The first-order valence-electron chi connectivity index (χ1n) is 8.48. The van der Waals surface area contributed by atoms with Gasteiger partial charge in [0.15, 0.2) is 0 Å². The molecule has 3 N–H and O–H groups in total. The second kappa shape index (κ2) is 8.01. The molecule has 2 amide bonds. The van der Waals surface area contributed by atoms with Gasteiger partial charge in [-0.25, -0.2) is 4.79 Å². The first-order valence-corrected chi connectivity index (χ1v) is 8.48. The van der Waals surface area contributed by atoms with E-state index >= 15 is 0 Å². The molecular formula is C18H22N4O4. The summed E-state index contributed by atoms with van der Waals surface area (Å²) in [6, 6.07) is 6.98. The van der Waals surface area contributed by atoms with E-state index < -0.39 is 12.0 Å². The van der Waals surface area contributed by atoms with Crippen molar-refractivity contribution in [3.63, 3.8) is 0 Å². The lowest BCUT2D eigenvalue weighted by Crippen LogP contribution is -2.52. The van der Waals surface area contributed by atoms with E-state index in [9.17, 15) is 14.4 Å². The molecule has 138 valence electrons. The number of piperazine rings is 1. The number of amides is 2. The molecule has 1 unspecified atom stereocenters. The molecule has 2 aromatic rings. The predicted molar refractivity (Wildman–Crippen MR) is 95.4 cm³/mol. The number of hydrogen-bond acceptors (Lipinski definition) is 5. The maximum atomic E-state index is 12.3. The lowest BCUT2D eigenvalue weighted by atomic mass is 10.0. The van der Waals surface area contributed by atoms with Crippen molar-refractivity contribution in [2.24, 2.45) is 0 Å². The number of rotatable bonds is 6. The second-order valence-electron chi connectivity index (χ2n) is 6.27. The highest BCUT2D eigenvalue weighted by Gasteiger charge is 2.25. The summed E-state index contributed by atoms with van der Waals surface area (Å²) in [5, 5.41) is 6.45. The van der Waals surface area contributed by atoms with Gasteiger partial charge in [0, 0.05) is 36.6 Å². The maximum Gasteiger partial charge on any atom is 0.328 e. The van der Waals surface area contributed by atoms with Gasteiger partial charge >= 0.3 is 5.97 Å². The van der Waals surface area contributed by atoms with Crippen LogP contribution in [0.5, 0.6) is 0 Å². The molecule has 0 aliphatic carbocycles. The number of nitrogens with one attached hydrogen (secondary N) is 3. The fourth-order valence-electron chi connectivity index (χ4n) is 3.13. The Morgan fingerprint density at radius 2 is 2.15 bits per heavy atom. The molecule has 8 nitrogen and oxygen atoms in total. The second-order valence-corrected chi connectivity index (χ2v) is 6.27. The normalized spacial score (nSPS) is 16.1. The minimum Gasteiger partial charge on any atom is -0.467 e. The first-order chi connectivity index (χ1) is 12.6. The smallest absolute Gasteiger partial charge is 0.328 e. The Hall–Kier alpha value is -2.87. The Bertz CT molecular complexity index is 816. The quantitative estimate of drug-likeness (QED) is 0.621. The van der Waals surface area contributed by atoms with E-state index in [2.05, 4.69) is 15.6 Å². The lowest BCUT2D eigenvalue weighted by Gasteiger charge is -2.26. The number of carbonyl (C=O) groups is 3. The Kier molecular flexibility index (Phi) is 5.52. The predicted octanol–water partition coefficient (Wildman–Crippen LogP) is -0.200. The average molecular weight is 358 g/mol. The number of carbonyl (C=O) groups excluding carboxylic acids is 3. The largest absolute Gasteiger partial charge is 0.467 e. The van der Waals surface area contributed by atoms with Crippen LogP contribution < -0.4 is 10.6 Å². The van der Waals surface area contributed by atoms with E-state index in [1.54, 1.807) is 4.90 Å². The van der Waals surface area contributed by atoms with E-state index in [0.29, 0.717) is 19.5 Å². The summed E-state index contributed by atoms with van der Waals surface area (Å²) in [6.45, 7) is 1.36. The molecule has 2 heterocycles. The number of para-hydroxylation sites is 1. The summed E-state index contributed by atoms with van der Waals surface area (Å²) in [4.78, 5) is 40.8. The van der Waals surface area contributed by atoms with Gasteiger partial charge in [-0.05, 0) is 11.6 Å². The van der Waals surface area contributed by atoms with Crippen molar-refractivity contribution < 1.29 is 19.1 Å². The molecule has 26 heavy (non-hydrogen) atoms. The molecule has 1 fully saturated rings. The van der Waals surface area contributed by atoms with Crippen molar-refractivity contribution in [3.05, 3.63) is 36.0 Å². The standard InChI is InChI=1S/C18H22N4O4/c1-26-18(25)15(8-12-9-20-14-5-3-2-4-13(12)14)21-17(24)11-22-7-6-19-16(23)10-22/h2-5,9,15,20H,6-8,10-11H2,1H3,(H,19,23)(H,21,24). The third-order valence-corrected chi connectivity index (χ3v) is 4.40. The van der Waals surface area contributed by atoms with Gasteiger partial charge in [-0.15, -0.1) is 0 Å². The summed E-state index contributed by atoms with van der Waals surface area (Å²) in [7, 11) is 1.30. The van der Waals surface area contributed by atoms with Gasteiger partial charge in [0.2, 0.25) is 11.8 Å². The van der Waals surface area contributed by atoms with Crippen molar-refractivity contribution in [1.82, 2.24) is 20.5 Å². The van der Waals surface area contributed by atoms with Crippen molar-refractivity contribution >= 4 is 28.7 Å². The van der Waals surface area contributed by atoms with Crippen LogP contribution in [0, 0.1) is 0 Å². The zero-order valence-corrected chi connectivity index (χ0v) is 14.6. The highest BCUT2D eigenvalue weighted by atomic mass is 16.5. The van der Waals surface area contributed by atoms with Crippen LogP contribution in [-0.2, 0) is 25.5 Å². The molecule has 8 heteroatoms. The Morgan fingerprint density at radius 1 is 1.35 bits per heavy atom. The molecule has 1 aliphatic heterocycles. The van der Waals surface area contributed by atoms with E-state index in [1.165, 1.54) is 7.11 Å². The van der Waals surface area contributed by atoms with Gasteiger partial charge in [0.1, 0.15) is 6.04 Å². The summed E-state index contributed by atoms with van der Waals surface area (Å²) >= 11 is 0. The number of hydrogen-bond donors (Lipinski definition) is 3. The molecule has 1 aromatic carbocycles. The van der Waals surface area contributed by atoms with Crippen molar-refractivity contribution in [3.8, 4) is 0 Å². The number of aromatic nitrogens is 1. The number of benzene rings is 1. The average Bonchev–Trinajstić information content (AvgIpc) is 3.03. The summed E-state index contributed by atoms with van der Waals surface area (Å²) in [5.41, 5.74) is 1.89. The Balaban J connectivity index is 1.67. The molecule has 3 rings (SSSR count). The summed E-state index contributed by atoms with van der Waals surface area (Å²) in [5.74, 6) is -0.915. The van der Waals surface area contributed by atoms with Gasteiger partial charge in [0.05, 0.1) is 20.2 Å². The van der Waals surface area contributed by atoms with Gasteiger partial charge < -0.3 is 20.4 Å². The van der Waals surface area contributed by atoms with E-state index in [1.807, 2.05) is 30.5 Å². The van der Waals surface area contributed by atoms with Crippen molar-refractivity contribution in [2.45, 2.75) is 12.5 Å². The molecule has 1 aliphatic rings. The highest BCUT2D eigenvalue weighted by molar-refractivity contribution is 5.88. The highest BCUT2D eigenvalue weighted by Crippen LogP contribution is 2.19. The third kappa shape index (κ3) is 4.20. The summed E-state index contributed by atoms with van der Waals surface area (Å²) < 4.78 is 4.84. The van der Waals surface area contributed by atoms with Gasteiger partial charge in [-0.3, -0.25) is 14.5 Å². The SMILES string of the molecule is COC(=O)C(Cc1c[nH]c2ccccc12)NC(=O)CN1CCNC(=O)C1. The van der Waals surface area contributed by atoms with E-state index in [4.69, 9.17) is 4.74 Å². The number of aromatic amines is 1. The minimum atomic E-state index is -0.787. The first kappa shape index (κ1) is 17.9. The molecule has 0 radical (unpaired) electrons. The fourth-order valence-corrected chi connectivity index (χ4v) is 3.13. The number of ether oxygens (including phenoxy) is 1. The molecule has 1 saturated heterocycles. The minimum absolute atomic E-state index is 0.0643. The van der Waals surface area contributed by atoms with Crippen LogP contribution in [0.25, 0.3) is 10.9 Å². The van der Waals surface area contributed by atoms with Crippen LogP contribution >= 0.6 is 0 Å². The topological polar surface area (TPSA) is 104 Å². The van der Waals surface area contributed by atoms with E-state index in [-0.39, 0.29) is 24.9 Å². The Morgan fingerprint density at radius 3 is 2.92 bits per heavy atom. The molecule has 0 bridgehead atoms. The number of fused-ring (bicyclic) bond motifs is 1. The van der Waals surface area contributed by atoms with Crippen LogP contribution in [0.1, 0.15) is 5.56 Å². The molecular weight excluding hydrogens is 336 g/mol. The van der Waals surface area contributed by atoms with Gasteiger partial charge in [0.25, 0.3) is 0 Å². The molecule has 0 spiro atoms. The molecule has 1 atom stereocenters. The van der Waals surface area contributed by atoms with Crippen LogP contribution in [-0.4, -0.2) is 67.0 Å². The van der Waals surface area contributed by atoms with Crippen LogP contribution in [0.15, 0.2) is 30.5 Å². The number of H-pyrrole nitrogens is 1. The zero-order valence-electron chi connectivity index (χ0n) is 14.6. The van der Waals surface area contributed by atoms with Gasteiger partial charge in [-0.1, -0.05) is 18.2 Å². The van der Waals surface area contributed by atoms with Crippen molar-refractivity contribution in [2.75, 3.05) is 33.3 Å². The number of esters is 1. The van der Waals surface area contributed by atoms with Crippen LogP contribution in [0.3, 0.4) is 0 Å². The fraction of sp³-hybridized carbons (Fsp3) is 0.389. The number of methoxy groups -OCH3 is 1. The van der Waals surface area contributed by atoms with Crippen LogP contribution in [0.2, 0.25) is 0 Å². The van der Waals surface area contributed by atoms with Crippen molar-refractivity contribution in [1.29, 1.82) is 0 Å². The zero-order chi connectivity index (χ0) is 18.5. The molecule has 1 aromatic heterocycles. The number of nitrogens with zero attached hydrogens (tertiary/aromatic N) is 1. The van der Waals surface area contributed by atoms with Gasteiger partial charge in [-0.2, -0.15) is 0 Å². The lowest BCUT2D eigenvalue weighted by molar-refractivity contribution is -0.145. The van der Waals surface area contributed by atoms with E-state index in [0.717, 1.165) is 16.5 Å².